The fourth-order valence-electron chi connectivity index (χ4n) is 5.86. The molecule has 50 heavy (non-hydrogen) atoms. The first-order valence-electron chi connectivity index (χ1n) is 17.2. The highest BCUT2D eigenvalue weighted by Gasteiger charge is 2.73. The van der Waals surface area contributed by atoms with Crippen LogP contribution in [0.4, 0.5) is 4.39 Å². The Morgan fingerprint density at radius 2 is 1.48 bits per heavy atom. The number of hydrogen-bond donors (Lipinski definition) is 1. The zero-order valence-corrected chi connectivity index (χ0v) is 32.6. The SMILES string of the molecule is CC(C)(C)C(=O)SCCCCOP(=O)(OCCCCSC(=O)C(C)(C)C)OC[C@@]1(F)O[C@@H](n2ccc(=O)[nH]c2=O)[C@]2(C)OC3(CCCC3)O[C@@H]21. The maximum Gasteiger partial charge on any atom is 0.474 e. The predicted molar refractivity (Wildman–Crippen MR) is 189 cm³/mol. The van der Waals surface area contributed by atoms with E-state index < -0.39 is 66.1 Å². The van der Waals surface area contributed by atoms with Gasteiger partial charge in [-0.3, -0.25) is 37.5 Å². The summed E-state index contributed by atoms with van der Waals surface area (Å²) >= 11 is 2.44. The van der Waals surface area contributed by atoms with Gasteiger partial charge in [0.15, 0.2) is 28.3 Å². The highest BCUT2D eigenvalue weighted by Crippen LogP contribution is 2.60. The van der Waals surface area contributed by atoms with Crippen molar-refractivity contribution in [2.24, 2.45) is 10.8 Å². The number of rotatable bonds is 16. The molecule has 2 aliphatic heterocycles. The highest BCUT2D eigenvalue weighted by molar-refractivity contribution is 8.14. The molecule has 13 nitrogen and oxygen atoms in total. The molecule has 1 spiro atoms. The van der Waals surface area contributed by atoms with Gasteiger partial charge in [0.05, 0.1) is 13.2 Å². The van der Waals surface area contributed by atoms with E-state index in [2.05, 4.69) is 4.98 Å². The molecule has 17 heteroatoms. The Bertz CT molecular complexity index is 1480. The lowest BCUT2D eigenvalue weighted by Gasteiger charge is -2.32. The van der Waals surface area contributed by atoms with Crippen molar-refractivity contribution in [3.8, 4) is 0 Å². The van der Waals surface area contributed by atoms with Crippen LogP contribution in [0.15, 0.2) is 21.9 Å². The number of phosphoric ester groups is 1. The van der Waals surface area contributed by atoms with Crippen LogP contribution >= 0.6 is 31.3 Å². The van der Waals surface area contributed by atoms with Crippen LogP contribution in [-0.4, -0.2) is 74.5 Å². The first-order valence-corrected chi connectivity index (χ1v) is 20.6. The largest absolute Gasteiger partial charge is 0.474 e. The number of H-pyrrole nitrogens is 1. The summed E-state index contributed by atoms with van der Waals surface area (Å²) in [6.45, 7) is 11.6. The smallest absolute Gasteiger partial charge is 0.337 e. The van der Waals surface area contributed by atoms with Crippen molar-refractivity contribution < 1.29 is 46.3 Å². The van der Waals surface area contributed by atoms with Gasteiger partial charge in [0.2, 0.25) is 0 Å². The summed E-state index contributed by atoms with van der Waals surface area (Å²) < 4.78 is 67.5. The van der Waals surface area contributed by atoms with Crippen molar-refractivity contribution in [1.82, 2.24) is 9.55 Å². The number of alkyl halides is 1. The van der Waals surface area contributed by atoms with Gasteiger partial charge in [-0.25, -0.2) is 13.8 Å². The van der Waals surface area contributed by atoms with Crippen LogP contribution in [0, 0.1) is 10.8 Å². The lowest BCUT2D eigenvalue weighted by Crippen LogP contribution is -2.48. The average Bonchev–Trinajstić information content (AvgIpc) is 3.66. The molecule has 1 aromatic heterocycles. The standard InChI is InChI=1S/C33H52FN2O11PS2/c1-29(2,3)26(38)49-20-12-10-18-42-48(41,43-19-11-13-21-50-27(39)30(4,5)6)44-22-33(34)24-31(7,47-32(45-24)15-8-9-16-32)25(46-33)36-17-14-23(37)35-28(36)40/h14,17,24-25H,8-13,15-16,18-22H2,1-7H3,(H,35,37,40)/t24-,25+,31+,33+/m0/s1. The number of carbonyl (C=O) groups excluding carboxylic acids is 2. The predicted octanol–water partition coefficient (Wildman–Crippen LogP) is 6.51. The molecular formula is C33H52FN2O11PS2. The Labute approximate surface area is 301 Å². The number of halogens is 1. The molecule has 1 aromatic rings. The molecule has 2 saturated heterocycles. The summed E-state index contributed by atoms with van der Waals surface area (Å²) in [5.41, 5.74) is -3.92. The number of aromatic amines is 1. The average molecular weight is 767 g/mol. The molecule has 1 aliphatic carbocycles. The van der Waals surface area contributed by atoms with E-state index in [9.17, 15) is 23.7 Å². The van der Waals surface area contributed by atoms with Crippen molar-refractivity contribution in [1.29, 1.82) is 0 Å². The van der Waals surface area contributed by atoms with Gasteiger partial charge in [0, 0.05) is 47.4 Å². The van der Waals surface area contributed by atoms with Crippen LogP contribution in [0.2, 0.25) is 0 Å². The van der Waals surface area contributed by atoms with Gasteiger partial charge < -0.3 is 14.2 Å². The fraction of sp³-hybridized carbons (Fsp3) is 0.818. The van der Waals surface area contributed by atoms with Gasteiger partial charge >= 0.3 is 13.5 Å². The van der Waals surface area contributed by atoms with Crippen LogP contribution in [0.1, 0.15) is 106 Å². The number of ether oxygens (including phenoxy) is 3. The minimum absolute atomic E-state index is 0.0448. The Hall–Kier alpha value is -1.36. The van der Waals surface area contributed by atoms with Crippen molar-refractivity contribution in [3.05, 3.63) is 33.1 Å². The number of phosphoric acid groups is 1. The third-order valence-electron chi connectivity index (χ3n) is 8.60. The Morgan fingerprint density at radius 1 is 0.940 bits per heavy atom. The van der Waals surface area contributed by atoms with Crippen molar-refractivity contribution in [2.75, 3.05) is 31.3 Å². The summed E-state index contributed by atoms with van der Waals surface area (Å²) in [6.07, 6.45) is 3.07. The quantitative estimate of drug-likeness (QED) is 0.143. The first-order chi connectivity index (χ1) is 23.2. The van der Waals surface area contributed by atoms with Crippen LogP contribution in [0.25, 0.3) is 0 Å². The summed E-state index contributed by atoms with van der Waals surface area (Å²) in [5.74, 6) is -2.77. The molecule has 1 saturated carbocycles. The zero-order valence-electron chi connectivity index (χ0n) is 30.1. The van der Waals surface area contributed by atoms with E-state index >= 15 is 4.39 Å². The van der Waals surface area contributed by atoms with Crippen molar-refractivity contribution in [3.63, 3.8) is 0 Å². The number of fused-ring (bicyclic) bond motifs is 1. The minimum atomic E-state index is -4.38. The Kier molecular flexibility index (Phi) is 13.5. The van der Waals surface area contributed by atoms with Crippen molar-refractivity contribution in [2.45, 2.75) is 129 Å². The molecule has 4 rings (SSSR count). The monoisotopic (exact) mass is 766 g/mol. The van der Waals surface area contributed by atoms with E-state index in [1.165, 1.54) is 29.7 Å². The number of carbonyl (C=O) groups is 2. The van der Waals surface area contributed by atoms with Gasteiger partial charge in [0.25, 0.3) is 11.4 Å². The maximum absolute atomic E-state index is 17.1. The minimum Gasteiger partial charge on any atom is -0.337 e. The second-order valence-electron chi connectivity index (χ2n) is 15.2. The second kappa shape index (κ2) is 16.3. The van der Waals surface area contributed by atoms with Crippen LogP contribution in [0.5, 0.6) is 0 Å². The van der Waals surface area contributed by atoms with E-state index in [-0.39, 0.29) is 23.4 Å². The first kappa shape index (κ1) is 41.4. The molecular weight excluding hydrogens is 714 g/mol. The van der Waals surface area contributed by atoms with Gasteiger partial charge in [0.1, 0.15) is 12.2 Å². The van der Waals surface area contributed by atoms with E-state index in [1.807, 2.05) is 41.5 Å². The zero-order chi connectivity index (χ0) is 37.0. The molecule has 4 atom stereocenters. The fourth-order valence-corrected chi connectivity index (χ4v) is 9.06. The number of nitrogens with one attached hydrogen (secondary N) is 1. The number of hydrogen-bond acceptors (Lipinski definition) is 13. The van der Waals surface area contributed by atoms with Gasteiger partial charge in [-0.2, -0.15) is 0 Å². The summed E-state index contributed by atoms with van der Waals surface area (Å²) in [6, 6.07) is 1.12. The number of thioether (sulfide) groups is 2. The van der Waals surface area contributed by atoms with E-state index in [0.717, 1.165) is 23.5 Å². The number of nitrogens with zero attached hydrogens (tertiary/aromatic N) is 1. The van der Waals surface area contributed by atoms with Gasteiger partial charge in [-0.1, -0.05) is 65.1 Å². The van der Waals surface area contributed by atoms with Crippen LogP contribution in [0.3, 0.4) is 0 Å². The van der Waals surface area contributed by atoms with E-state index in [1.54, 1.807) is 6.92 Å². The second-order valence-corrected chi connectivity index (χ2v) is 19.1. The highest BCUT2D eigenvalue weighted by atomic mass is 32.2. The number of unbranched alkanes of at least 4 members (excludes halogenated alkanes) is 2. The van der Waals surface area contributed by atoms with Gasteiger partial charge in [-0.15, -0.1) is 0 Å². The summed E-state index contributed by atoms with van der Waals surface area (Å²) in [5, 5.41) is 0.129. The summed E-state index contributed by atoms with van der Waals surface area (Å²) in [4.78, 5) is 51.2. The molecule has 3 heterocycles. The molecule has 3 aliphatic rings. The van der Waals surface area contributed by atoms with Crippen LogP contribution < -0.4 is 11.2 Å². The molecule has 284 valence electrons. The third kappa shape index (κ3) is 10.2. The lowest BCUT2D eigenvalue weighted by atomic mass is 9.95. The molecule has 1 N–H and O–H groups in total. The van der Waals surface area contributed by atoms with Crippen LogP contribution in [-0.2, 0) is 41.9 Å². The molecule has 0 unspecified atom stereocenters. The maximum atomic E-state index is 17.1. The normalized spacial score (nSPS) is 26.5. The topological polar surface area (TPSA) is 161 Å². The molecule has 0 radical (unpaired) electrons. The summed E-state index contributed by atoms with van der Waals surface area (Å²) in [7, 11) is -4.38. The Balaban J connectivity index is 1.45. The Morgan fingerprint density at radius 3 is 1.98 bits per heavy atom. The molecule has 0 amide bonds. The van der Waals surface area contributed by atoms with Gasteiger partial charge in [-0.05, 0) is 45.4 Å². The number of aromatic nitrogens is 2. The van der Waals surface area contributed by atoms with Crippen molar-refractivity contribution >= 4 is 41.6 Å². The molecule has 0 bridgehead atoms. The lowest BCUT2D eigenvalue weighted by molar-refractivity contribution is -0.279. The molecule has 3 fully saturated rings. The molecule has 0 aromatic carbocycles. The third-order valence-corrected chi connectivity index (χ3v) is 12.8. The van der Waals surface area contributed by atoms with E-state index in [0.29, 0.717) is 50.0 Å². The van der Waals surface area contributed by atoms with E-state index in [4.69, 9.17) is 27.8 Å².